The van der Waals surface area contributed by atoms with Crippen LogP contribution < -0.4 is 4.72 Å². The summed E-state index contributed by atoms with van der Waals surface area (Å²) < 4.78 is 9.44. The van der Waals surface area contributed by atoms with Gasteiger partial charge in [-0.15, -0.1) is 0 Å². The third kappa shape index (κ3) is 3.23. The molecule has 0 fully saturated rings. The zero-order chi connectivity index (χ0) is 13.8. The van der Waals surface area contributed by atoms with Gasteiger partial charge in [-0.05, 0) is 36.2 Å². The minimum atomic E-state index is 0.633. The van der Waals surface area contributed by atoms with Gasteiger partial charge < -0.3 is 4.52 Å². The first-order valence-corrected chi connectivity index (χ1v) is 7.63. The summed E-state index contributed by atoms with van der Waals surface area (Å²) in [5.74, 6) is 0.633. The van der Waals surface area contributed by atoms with Crippen molar-refractivity contribution in [3.63, 3.8) is 0 Å². The highest BCUT2D eigenvalue weighted by Gasteiger charge is 2.06. The molecule has 0 radical (unpaired) electrons. The number of benzene rings is 2. The van der Waals surface area contributed by atoms with Crippen LogP contribution >= 0.6 is 27.9 Å². The molecule has 0 aliphatic rings. The SMILES string of the molecule is Brc1cccc(-c2cc(NSc3ccccc3)on2)c1. The van der Waals surface area contributed by atoms with Crippen LogP contribution in [-0.4, -0.2) is 5.16 Å². The Balaban J connectivity index is 1.71. The molecule has 3 aromatic rings. The first-order chi connectivity index (χ1) is 9.81. The van der Waals surface area contributed by atoms with Crippen LogP contribution in [0.5, 0.6) is 0 Å². The largest absolute Gasteiger partial charge is 0.337 e. The molecule has 0 amide bonds. The topological polar surface area (TPSA) is 38.1 Å². The molecule has 100 valence electrons. The van der Waals surface area contributed by atoms with Crippen LogP contribution in [0.3, 0.4) is 0 Å². The van der Waals surface area contributed by atoms with Crippen molar-refractivity contribution in [2.75, 3.05) is 4.72 Å². The molecule has 0 spiro atoms. The summed E-state index contributed by atoms with van der Waals surface area (Å²) >= 11 is 4.94. The number of anilines is 1. The maximum atomic E-state index is 5.28. The van der Waals surface area contributed by atoms with Gasteiger partial charge in [-0.2, -0.15) is 0 Å². The lowest BCUT2D eigenvalue weighted by atomic mass is 10.2. The van der Waals surface area contributed by atoms with E-state index >= 15 is 0 Å². The molecule has 0 saturated carbocycles. The van der Waals surface area contributed by atoms with Crippen LogP contribution in [-0.2, 0) is 0 Å². The molecule has 0 aliphatic carbocycles. The van der Waals surface area contributed by atoms with E-state index in [1.165, 1.54) is 11.9 Å². The number of rotatable bonds is 4. The Bertz CT molecular complexity index is 700. The number of nitrogens with one attached hydrogen (secondary N) is 1. The summed E-state index contributed by atoms with van der Waals surface area (Å²) in [6.07, 6.45) is 0. The zero-order valence-corrected chi connectivity index (χ0v) is 12.8. The lowest BCUT2D eigenvalue weighted by molar-refractivity contribution is 0.439. The van der Waals surface area contributed by atoms with E-state index in [1.807, 2.05) is 60.7 Å². The summed E-state index contributed by atoms with van der Waals surface area (Å²) in [4.78, 5) is 1.12. The molecule has 0 unspecified atom stereocenters. The van der Waals surface area contributed by atoms with Gasteiger partial charge in [0.05, 0.1) is 0 Å². The van der Waals surface area contributed by atoms with Gasteiger partial charge in [-0.1, -0.05) is 51.4 Å². The van der Waals surface area contributed by atoms with E-state index in [0.29, 0.717) is 5.88 Å². The smallest absolute Gasteiger partial charge is 0.235 e. The summed E-state index contributed by atoms with van der Waals surface area (Å²) in [6.45, 7) is 0. The molecule has 1 aromatic heterocycles. The Kier molecular flexibility index (Phi) is 4.08. The van der Waals surface area contributed by atoms with Crippen molar-refractivity contribution >= 4 is 33.8 Å². The van der Waals surface area contributed by atoms with Crippen LogP contribution in [0, 0.1) is 0 Å². The second kappa shape index (κ2) is 6.15. The predicted molar refractivity (Wildman–Crippen MR) is 85.6 cm³/mol. The van der Waals surface area contributed by atoms with Gasteiger partial charge in [0.25, 0.3) is 0 Å². The first kappa shape index (κ1) is 13.3. The lowest BCUT2D eigenvalue weighted by Crippen LogP contribution is -1.83. The number of hydrogen-bond acceptors (Lipinski definition) is 4. The molecule has 5 heteroatoms. The highest BCUT2D eigenvalue weighted by Crippen LogP contribution is 2.27. The molecule has 3 nitrogen and oxygen atoms in total. The van der Waals surface area contributed by atoms with Gasteiger partial charge in [0.1, 0.15) is 5.69 Å². The van der Waals surface area contributed by atoms with Crippen molar-refractivity contribution in [3.05, 3.63) is 65.1 Å². The van der Waals surface area contributed by atoms with E-state index in [0.717, 1.165) is 20.6 Å². The maximum absolute atomic E-state index is 5.28. The van der Waals surface area contributed by atoms with Gasteiger partial charge in [0.2, 0.25) is 5.88 Å². The number of halogens is 1. The Labute approximate surface area is 129 Å². The third-order valence-corrected chi connectivity index (χ3v) is 3.95. The zero-order valence-electron chi connectivity index (χ0n) is 10.4. The first-order valence-electron chi connectivity index (χ1n) is 6.02. The fourth-order valence-corrected chi connectivity index (χ4v) is 2.71. The summed E-state index contributed by atoms with van der Waals surface area (Å²) in [5, 5.41) is 4.07. The maximum Gasteiger partial charge on any atom is 0.235 e. The summed E-state index contributed by atoms with van der Waals surface area (Å²) in [5.41, 5.74) is 1.82. The van der Waals surface area contributed by atoms with Gasteiger partial charge in [0, 0.05) is 21.0 Å². The van der Waals surface area contributed by atoms with Crippen LogP contribution in [0.4, 0.5) is 5.88 Å². The van der Waals surface area contributed by atoms with Crippen molar-refractivity contribution in [3.8, 4) is 11.3 Å². The second-order valence-electron chi connectivity index (χ2n) is 4.10. The van der Waals surface area contributed by atoms with E-state index in [9.17, 15) is 0 Å². The monoisotopic (exact) mass is 346 g/mol. The van der Waals surface area contributed by atoms with Crippen molar-refractivity contribution in [2.45, 2.75) is 4.90 Å². The average Bonchev–Trinajstić information content (AvgIpc) is 2.95. The number of hydrogen-bond donors (Lipinski definition) is 1. The summed E-state index contributed by atoms with van der Waals surface area (Å²) in [7, 11) is 0. The average molecular weight is 347 g/mol. The minimum Gasteiger partial charge on any atom is -0.337 e. The van der Waals surface area contributed by atoms with E-state index in [1.54, 1.807) is 0 Å². The fourth-order valence-electron chi connectivity index (χ4n) is 1.70. The fraction of sp³-hybridized carbons (Fsp3) is 0. The molecule has 2 aromatic carbocycles. The van der Waals surface area contributed by atoms with Crippen LogP contribution in [0.15, 0.2) is 74.6 Å². The van der Waals surface area contributed by atoms with Crippen LogP contribution in [0.1, 0.15) is 0 Å². The van der Waals surface area contributed by atoms with Gasteiger partial charge in [-0.3, -0.25) is 4.72 Å². The second-order valence-corrected chi connectivity index (χ2v) is 5.90. The molecule has 1 N–H and O–H groups in total. The molecule has 0 bridgehead atoms. The highest BCUT2D eigenvalue weighted by molar-refractivity contribution is 9.10. The molecule has 0 aliphatic heterocycles. The lowest BCUT2D eigenvalue weighted by Gasteiger charge is -1.99. The quantitative estimate of drug-likeness (QED) is 0.657. The van der Waals surface area contributed by atoms with E-state index < -0.39 is 0 Å². The Hall–Kier alpha value is -1.72. The predicted octanol–water partition coefficient (Wildman–Crippen LogP) is 5.22. The minimum absolute atomic E-state index is 0.633. The molecule has 0 saturated heterocycles. The molecular weight excluding hydrogens is 336 g/mol. The van der Waals surface area contributed by atoms with Crippen molar-refractivity contribution in [1.82, 2.24) is 5.16 Å². The van der Waals surface area contributed by atoms with Crippen molar-refractivity contribution in [2.24, 2.45) is 0 Å². The Morgan fingerprint density at radius 2 is 1.85 bits per heavy atom. The van der Waals surface area contributed by atoms with Crippen molar-refractivity contribution in [1.29, 1.82) is 0 Å². The summed E-state index contributed by atoms with van der Waals surface area (Å²) in [6, 6.07) is 19.9. The molecule has 0 atom stereocenters. The standard InChI is InChI=1S/C15H11BrN2OS/c16-12-6-4-5-11(9-12)14-10-15(19-17-14)18-20-13-7-2-1-3-8-13/h1-10,18H. The van der Waals surface area contributed by atoms with Crippen molar-refractivity contribution < 1.29 is 4.52 Å². The molecule has 1 heterocycles. The Morgan fingerprint density at radius 3 is 2.65 bits per heavy atom. The highest BCUT2D eigenvalue weighted by atomic mass is 79.9. The van der Waals surface area contributed by atoms with Gasteiger partial charge in [0.15, 0.2) is 0 Å². The van der Waals surface area contributed by atoms with Crippen LogP contribution in [0.2, 0.25) is 0 Å². The van der Waals surface area contributed by atoms with Gasteiger partial charge in [-0.25, -0.2) is 0 Å². The van der Waals surface area contributed by atoms with Gasteiger partial charge >= 0.3 is 0 Å². The molecule has 20 heavy (non-hydrogen) atoms. The molecular formula is C15H11BrN2OS. The third-order valence-electron chi connectivity index (χ3n) is 2.64. The van der Waals surface area contributed by atoms with E-state index in [4.69, 9.17) is 4.52 Å². The van der Waals surface area contributed by atoms with E-state index in [2.05, 4.69) is 25.8 Å². The number of aromatic nitrogens is 1. The van der Waals surface area contributed by atoms with E-state index in [-0.39, 0.29) is 0 Å². The Morgan fingerprint density at radius 1 is 1.00 bits per heavy atom. The molecule has 3 rings (SSSR count). The number of nitrogens with zero attached hydrogens (tertiary/aromatic N) is 1. The normalized spacial score (nSPS) is 10.4. The van der Waals surface area contributed by atoms with Crippen LogP contribution in [0.25, 0.3) is 11.3 Å².